The monoisotopic (exact) mass is 341 g/mol. The molecule has 1 amide bonds. The van der Waals surface area contributed by atoms with E-state index in [1.807, 2.05) is 37.7 Å². The smallest absolute Gasteiger partial charge is 0.220 e. The van der Waals surface area contributed by atoms with Gasteiger partial charge in [-0.15, -0.1) is 11.3 Å². The summed E-state index contributed by atoms with van der Waals surface area (Å²) in [5, 5.41) is 9.99. The second kappa shape index (κ2) is 7.35. The minimum atomic E-state index is -0.109. The Balaban J connectivity index is 1.55. The van der Waals surface area contributed by atoms with E-state index in [0.29, 0.717) is 12.8 Å². The zero-order valence-corrected chi connectivity index (χ0v) is 14.5. The van der Waals surface area contributed by atoms with Crippen molar-refractivity contribution in [3.8, 4) is 11.3 Å². The van der Waals surface area contributed by atoms with Gasteiger partial charge in [-0.2, -0.15) is 5.10 Å². The number of aryl methyl sites for hydroxylation is 2. The third kappa shape index (κ3) is 4.05. The molecule has 0 aliphatic rings. The standard InChI is InChI=1S/C17H19N5OS/c1-12(20-16(23)6-5-13-8-19-22(2)10-13)17-21-15(11-24-17)14-4-3-7-18-9-14/h3-4,7-12H,5-6H2,1-2H3,(H,20,23)/t12-/m1/s1. The lowest BCUT2D eigenvalue weighted by Gasteiger charge is -2.10. The summed E-state index contributed by atoms with van der Waals surface area (Å²) in [6.07, 6.45) is 8.37. The number of carbonyl (C=O) groups excluding carboxylic acids is 1. The molecule has 124 valence electrons. The number of nitrogens with zero attached hydrogens (tertiary/aromatic N) is 4. The highest BCUT2D eigenvalue weighted by molar-refractivity contribution is 7.10. The molecule has 3 aromatic heterocycles. The van der Waals surface area contributed by atoms with Crippen LogP contribution in [0, 0.1) is 0 Å². The summed E-state index contributed by atoms with van der Waals surface area (Å²) in [6.45, 7) is 1.95. The lowest BCUT2D eigenvalue weighted by Crippen LogP contribution is -2.26. The molecule has 0 aromatic carbocycles. The van der Waals surface area contributed by atoms with Gasteiger partial charge in [0.2, 0.25) is 5.91 Å². The molecule has 3 aromatic rings. The second-order valence-electron chi connectivity index (χ2n) is 5.62. The van der Waals surface area contributed by atoms with Crippen LogP contribution in [0.5, 0.6) is 0 Å². The summed E-state index contributed by atoms with van der Waals surface area (Å²) in [5.41, 5.74) is 2.93. The van der Waals surface area contributed by atoms with Crippen molar-refractivity contribution < 1.29 is 4.79 Å². The molecule has 0 saturated carbocycles. The first-order chi connectivity index (χ1) is 11.6. The van der Waals surface area contributed by atoms with E-state index in [1.54, 1.807) is 34.6 Å². The maximum Gasteiger partial charge on any atom is 0.220 e. The summed E-state index contributed by atoms with van der Waals surface area (Å²) >= 11 is 1.55. The summed E-state index contributed by atoms with van der Waals surface area (Å²) in [6, 6.07) is 3.75. The summed E-state index contributed by atoms with van der Waals surface area (Å²) in [5.74, 6) is 0.0180. The van der Waals surface area contributed by atoms with Gasteiger partial charge in [0, 0.05) is 43.0 Å². The van der Waals surface area contributed by atoms with Crippen molar-refractivity contribution in [2.24, 2.45) is 7.05 Å². The van der Waals surface area contributed by atoms with E-state index in [0.717, 1.165) is 21.8 Å². The molecule has 0 unspecified atom stereocenters. The van der Waals surface area contributed by atoms with Crippen LogP contribution in [-0.2, 0) is 18.3 Å². The van der Waals surface area contributed by atoms with Crippen molar-refractivity contribution in [2.45, 2.75) is 25.8 Å². The molecular formula is C17H19N5OS. The molecule has 1 atom stereocenters. The zero-order valence-electron chi connectivity index (χ0n) is 13.6. The molecular weight excluding hydrogens is 322 g/mol. The van der Waals surface area contributed by atoms with Crippen LogP contribution < -0.4 is 5.32 Å². The lowest BCUT2D eigenvalue weighted by atomic mass is 10.2. The van der Waals surface area contributed by atoms with E-state index in [-0.39, 0.29) is 11.9 Å². The van der Waals surface area contributed by atoms with Gasteiger partial charge < -0.3 is 5.32 Å². The molecule has 1 N–H and O–H groups in total. The molecule has 0 fully saturated rings. The normalized spacial score (nSPS) is 12.1. The predicted molar refractivity (Wildman–Crippen MR) is 93.4 cm³/mol. The summed E-state index contributed by atoms with van der Waals surface area (Å²) < 4.78 is 1.74. The molecule has 0 aliphatic carbocycles. The summed E-state index contributed by atoms with van der Waals surface area (Å²) in [4.78, 5) is 20.8. The Labute approximate surface area is 144 Å². The van der Waals surface area contributed by atoms with Crippen molar-refractivity contribution in [2.75, 3.05) is 0 Å². The third-order valence-corrected chi connectivity index (χ3v) is 4.65. The van der Waals surface area contributed by atoms with Gasteiger partial charge in [0.25, 0.3) is 0 Å². The van der Waals surface area contributed by atoms with E-state index in [4.69, 9.17) is 0 Å². The lowest BCUT2D eigenvalue weighted by molar-refractivity contribution is -0.121. The number of carbonyl (C=O) groups is 1. The molecule has 6 nitrogen and oxygen atoms in total. The number of thiazole rings is 1. The van der Waals surface area contributed by atoms with Crippen LogP contribution in [-0.4, -0.2) is 25.7 Å². The van der Waals surface area contributed by atoms with E-state index in [1.165, 1.54) is 0 Å². The minimum Gasteiger partial charge on any atom is -0.347 e. The molecule has 0 radical (unpaired) electrons. The average Bonchev–Trinajstić information content (AvgIpc) is 3.23. The highest BCUT2D eigenvalue weighted by atomic mass is 32.1. The topological polar surface area (TPSA) is 72.7 Å². The van der Waals surface area contributed by atoms with Gasteiger partial charge in [0.05, 0.1) is 17.9 Å². The van der Waals surface area contributed by atoms with E-state index in [2.05, 4.69) is 20.4 Å². The van der Waals surface area contributed by atoms with Crippen molar-refractivity contribution in [3.05, 3.63) is 52.9 Å². The number of amides is 1. The Kier molecular flexibility index (Phi) is 5.00. The number of rotatable bonds is 6. The largest absolute Gasteiger partial charge is 0.347 e. The highest BCUT2D eigenvalue weighted by Crippen LogP contribution is 2.24. The minimum absolute atomic E-state index is 0.0180. The Hall–Kier alpha value is -2.54. The first-order valence-corrected chi connectivity index (χ1v) is 8.62. The van der Waals surface area contributed by atoms with Crippen LogP contribution in [0.3, 0.4) is 0 Å². The highest BCUT2D eigenvalue weighted by Gasteiger charge is 2.14. The van der Waals surface area contributed by atoms with Crippen molar-refractivity contribution in [3.63, 3.8) is 0 Å². The van der Waals surface area contributed by atoms with Crippen molar-refractivity contribution >= 4 is 17.2 Å². The SMILES string of the molecule is C[C@@H](NC(=O)CCc1cnn(C)c1)c1nc(-c2cccnc2)cs1. The average molecular weight is 341 g/mol. The molecule has 0 spiro atoms. The van der Waals surface area contributed by atoms with Crippen LogP contribution in [0.1, 0.15) is 30.0 Å². The molecule has 0 saturated heterocycles. The zero-order chi connectivity index (χ0) is 16.9. The molecule has 3 rings (SSSR count). The number of aromatic nitrogens is 4. The maximum absolute atomic E-state index is 12.1. The molecule has 3 heterocycles. The van der Waals surface area contributed by atoms with Crippen LogP contribution in [0.4, 0.5) is 0 Å². The van der Waals surface area contributed by atoms with Gasteiger partial charge in [-0.1, -0.05) is 0 Å². The Bertz CT molecular complexity index is 811. The number of nitrogens with one attached hydrogen (secondary N) is 1. The molecule has 0 aliphatic heterocycles. The van der Waals surface area contributed by atoms with Gasteiger partial charge in [0.1, 0.15) is 5.01 Å². The fourth-order valence-electron chi connectivity index (χ4n) is 2.37. The Morgan fingerprint density at radius 1 is 1.42 bits per heavy atom. The number of hydrogen-bond acceptors (Lipinski definition) is 5. The molecule has 7 heteroatoms. The Morgan fingerprint density at radius 2 is 2.29 bits per heavy atom. The summed E-state index contributed by atoms with van der Waals surface area (Å²) in [7, 11) is 1.87. The number of hydrogen-bond donors (Lipinski definition) is 1. The fraction of sp³-hybridized carbons (Fsp3) is 0.294. The second-order valence-corrected chi connectivity index (χ2v) is 6.51. The predicted octanol–water partition coefficient (Wildman–Crippen LogP) is 2.75. The van der Waals surface area contributed by atoms with Crippen molar-refractivity contribution in [1.29, 1.82) is 0 Å². The number of pyridine rings is 1. The van der Waals surface area contributed by atoms with Gasteiger partial charge in [-0.25, -0.2) is 4.98 Å². The van der Waals surface area contributed by atoms with Gasteiger partial charge in [-0.3, -0.25) is 14.5 Å². The fourth-order valence-corrected chi connectivity index (χ4v) is 3.20. The van der Waals surface area contributed by atoms with Crippen LogP contribution in [0.2, 0.25) is 0 Å². The quantitative estimate of drug-likeness (QED) is 0.748. The van der Waals surface area contributed by atoms with Gasteiger partial charge in [-0.05, 0) is 31.0 Å². The van der Waals surface area contributed by atoms with Crippen LogP contribution in [0.25, 0.3) is 11.3 Å². The molecule has 24 heavy (non-hydrogen) atoms. The maximum atomic E-state index is 12.1. The first-order valence-electron chi connectivity index (χ1n) is 7.74. The van der Waals surface area contributed by atoms with Gasteiger partial charge in [0.15, 0.2) is 0 Å². The Morgan fingerprint density at radius 3 is 3.00 bits per heavy atom. The van der Waals surface area contributed by atoms with Crippen LogP contribution >= 0.6 is 11.3 Å². The molecule has 0 bridgehead atoms. The van der Waals surface area contributed by atoms with Crippen molar-refractivity contribution in [1.82, 2.24) is 25.1 Å². The van der Waals surface area contributed by atoms with E-state index < -0.39 is 0 Å². The first kappa shape index (κ1) is 16.3. The van der Waals surface area contributed by atoms with E-state index >= 15 is 0 Å². The third-order valence-electron chi connectivity index (χ3n) is 3.63. The van der Waals surface area contributed by atoms with E-state index in [9.17, 15) is 4.79 Å². The van der Waals surface area contributed by atoms with Crippen LogP contribution in [0.15, 0.2) is 42.3 Å². The van der Waals surface area contributed by atoms with Gasteiger partial charge >= 0.3 is 0 Å².